The van der Waals surface area contributed by atoms with Gasteiger partial charge >= 0.3 is 5.97 Å². The van der Waals surface area contributed by atoms with Crippen LogP contribution in [-0.2, 0) is 9.53 Å². The molecule has 7 heteroatoms. The molecular weight excluding hydrogens is 348 g/mol. The fourth-order valence-electron chi connectivity index (χ4n) is 2.44. The maximum atomic E-state index is 12.7. The minimum atomic E-state index is -1.15. The molecule has 0 aliphatic heterocycles. The number of aryl methyl sites for hydroxylation is 1. The van der Waals surface area contributed by atoms with Crippen molar-refractivity contribution in [3.05, 3.63) is 77.6 Å². The predicted molar refractivity (Wildman–Crippen MR) is 97.5 cm³/mol. The number of aromatic nitrogens is 1. The Morgan fingerprint density at radius 3 is 2.52 bits per heavy atom. The number of carbonyl (C=O) groups excluding carboxylic acids is 2. The van der Waals surface area contributed by atoms with E-state index < -0.39 is 18.0 Å². The molecule has 27 heavy (non-hydrogen) atoms. The van der Waals surface area contributed by atoms with Crippen molar-refractivity contribution in [2.24, 2.45) is 0 Å². The standard InChI is InChI=1S/C20H18N2O5/c1-13-11-17(22-27-13)21-19(23)18(14-7-4-3-5-8-14)26-20(24)15-9-6-10-16(12-15)25-2/h3-12,18H,1-2H3,(H,21,22,23)/t18-/m0/s1. The lowest BCUT2D eigenvalue weighted by Crippen LogP contribution is -2.26. The summed E-state index contributed by atoms with van der Waals surface area (Å²) in [5.41, 5.74) is 0.812. The number of rotatable bonds is 6. The van der Waals surface area contributed by atoms with Gasteiger partial charge in [0, 0.05) is 11.6 Å². The molecule has 0 aliphatic carbocycles. The van der Waals surface area contributed by atoms with Gasteiger partial charge in [-0.2, -0.15) is 0 Å². The van der Waals surface area contributed by atoms with Gasteiger partial charge in [-0.25, -0.2) is 4.79 Å². The normalized spacial score (nSPS) is 11.5. The fourth-order valence-corrected chi connectivity index (χ4v) is 2.44. The Bertz CT molecular complexity index is 936. The van der Waals surface area contributed by atoms with Crippen molar-refractivity contribution in [1.29, 1.82) is 0 Å². The first-order chi connectivity index (χ1) is 13.1. The van der Waals surface area contributed by atoms with Gasteiger partial charge in [0.2, 0.25) is 6.10 Å². The molecule has 3 aromatic rings. The number of carbonyl (C=O) groups is 2. The number of amides is 1. The molecule has 0 aliphatic rings. The smallest absolute Gasteiger partial charge is 0.339 e. The molecule has 1 heterocycles. The Labute approximate surface area is 155 Å². The first-order valence-corrected chi connectivity index (χ1v) is 8.21. The van der Waals surface area contributed by atoms with Crippen LogP contribution in [-0.4, -0.2) is 24.1 Å². The minimum absolute atomic E-state index is 0.246. The molecule has 0 spiro atoms. The Morgan fingerprint density at radius 2 is 1.85 bits per heavy atom. The number of hydrogen-bond donors (Lipinski definition) is 1. The molecule has 0 saturated heterocycles. The van der Waals surface area contributed by atoms with Gasteiger partial charge in [0.05, 0.1) is 12.7 Å². The summed E-state index contributed by atoms with van der Waals surface area (Å²) in [6, 6.07) is 16.8. The second-order valence-corrected chi connectivity index (χ2v) is 5.74. The molecule has 0 unspecified atom stereocenters. The third-order valence-corrected chi connectivity index (χ3v) is 3.75. The number of esters is 1. The highest BCUT2D eigenvalue weighted by molar-refractivity contribution is 5.97. The van der Waals surface area contributed by atoms with Crippen LogP contribution in [0, 0.1) is 6.92 Å². The number of nitrogens with zero attached hydrogens (tertiary/aromatic N) is 1. The van der Waals surface area contributed by atoms with Crippen LogP contribution in [0.1, 0.15) is 27.8 Å². The van der Waals surface area contributed by atoms with Gasteiger partial charge in [0.1, 0.15) is 11.5 Å². The molecule has 2 aromatic carbocycles. The zero-order valence-corrected chi connectivity index (χ0v) is 14.8. The van der Waals surface area contributed by atoms with Gasteiger partial charge in [0.15, 0.2) is 5.82 Å². The zero-order valence-electron chi connectivity index (χ0n) is 14.8. The van der Waals surface area contributed by atoms with Crippen molar-refractivity contribution < 1.29 is 23.6 Å². The Balaban J connectivity index is 1.83. The maximum absolute atomic E-state index is 12.7. The average Bonchev–Trinajstić information content (AvgIpc) is 3.11. The van der Waals surface area contributed by atoms with Gasteiger partial charge in [-0.05, 0) is 25.1 Å². The Morgan fingerprint density at radius 1 is 1.07 bits per heavy atom. The third kappa shape index (κ3) is 4.52. The third-order valence-electron chi connectivity index (χ3n) is 3.75. The van der Waals surface area contributed by atoms with Crippen LogP contribution in [0.25, 0.3) is 0 Å². The van der Waals surface area contributed by atoms with Crippen LogP contribution in [0.3, 0.4) is 0 Å². The summed E-state index contributed by atoms with van der Waals surface area (Å²) < 4.78 is 15.6. The summed E-state index contributed by atoms with van der Waals surface area (Å²) in [4.78, 5) is 25.3. The van der Waals surface area contributed by atoms with E-state index in [1.807, 2.05) is 6.07 Å². The van der Waals surface area contributed by atoms with E-state index in [0.29, 0.717) is 17.1 Å². The van der Waals surface area contributed by atoms with Crippen LogP contribution in [0.4, 0.5) is 5.82 Å². The van der Waals surface area contributed by atoms with Gasteiger partial charge < -0.3 is 19.3 Å². The van der Waals surface area contributed by atoms with Crippen molar-refractivity contribution >= 4 is 17.7 Å². The van der Waals surface area contributed by atoms with Crippen molar-refractivity contribution in [2.45, 2.75) is 13.0 Å². The van der Waals surface area contributed by atoms with Crippen LogP contribution < -0.4 is 10.1 Å². The second kappa shape index (κ2) is 8.18. The van der Waals surface area contributed by atoms with Gasteiger partial charge in [-0.15, -0.1) is 0 Å². The predicted octanol–water partition coefficient (Wildman–Crippen LogP) is 3.53. The molecular formula is C20H18N2O5. The first kappa shape index (κ1) is 18.2. The molecule has 1 aromatic heterocycles. The number of ether oxygens (including phenoxy) is 2. The summed E-state index contributed by atoms with van der Waals surface area (Å²) in [5.74, 6) is 0.133. The van der Waals surface area contributed by atoms with E-state index >= 15 is 0 Å². The highest BCUT2D eigenvalue weighted by Gasteiger charge is 2.26. The summed E-state index contributed by atoms with van der Waals surface area (Å²) in [5, 5.41) is 6.32. The molecule has 0 radical (unpaired) electrons. The topological polar surface area (TPSA) is 90.7 Å². The molecule has 1 N–H and O–H groups in total. The van der Waals surface area contributed by atoms with E-state index in [1.165, 1.54) is 7.11 Å². The quantitative estimate of drug-likeness (QED) is 0.671. The number of benzene rings is 2. The average molecular weight is 366 g/mol. The van der Waals surface area contributed by atoms with E-state index in [9.17, 15) is 9.59 Å². The highest BCUT2D eigenvalue weighted by Crippen LogP contribution is 2.23. The van der Waals surface area contributed by atoms with Crippen molar-refractivity contribution in [1.82, 2.24) is 5.16 Å². The van der Waals surface area contributed by atoms with Gasteiger partial charge in [-0.3, -0.25) is 4.79 Å². The fraction of sp³-hybridized carbons (Fsp3) is 0.150. The number of hydrogen-bond acceptors (Lipinski definition) is 6. The van der Waals surface area contributed by atoms with Crippen LogP contribution in [0.15, 0.2) is 65.2 Å². The molecule has 0 fully saturated rings. The molecule has 1 atom stereocenters. The van der Waals surface area contributed by atoms with Crippen molar-refractivity contribution in [3.8, 4) is 5.75 Å². The second-order valence-electron chi connectivity index (χ2n) is 5.74. The lowest BCUT2D eigenvalue weighted by molar-refractivity contribution is -0.125. The van der Waals surface area contributed by atoms with E-state index in [0.717, 1.165) is 0 Å². The molecule has 7 nitrogen and oxygen atoms in total. The highest BCUT2D eigenvalue weighted by atomic mass is 16.5. The van der Waals surface area contributed by atoms with Crippen molar-refractivity contribution in [3.63, 3.8) is 0 Å². The van der Waals surface area contributed by atoms with Gasteiger partial charge in [-0.1, -0.05) is 41.6 Å². The SMILES string of the molecule is COc1cccc(C(=O)O[C@H](C(=O)Nc2cc(C)on2)c2ccccc2)c1. The lowest BCUT2D eigenvalue weighted by Gasteiger charge is -2.17. The lowest BCUT2D eigenvalue weighted by atomic mass is 10.1. The van der Waals surface area contributed by atoms with Crippen molar-refractivity contribution in [2.75, 3.05) is 12.4 Å². The molecule has 3 rings (SSSR count). The molecule has 0 bridgehead atoms. The summed E-state index contributed by atoms with van der Waals surface area (Å²) in [6.07, 6.45) is -1.15. The largest absolute Gasteiger partial charge is 0.497 e. The number of anilines is 1. The summed E-state index contributed by atoms with van der Waals surface area (Å²) in [6.45, 7) is 1.71. The number of nitrogens with one attached hydrogen (secondary N) is 1. The Hall–Kier alpha value is -3.61. The van der Waals surface area contributed by atoms with Gasteiger partial charge in [0.25, 0.3) is 5.91 Å². The van der Waals surface area contributed by atoms with E-state index in [1.54, 1.807) is 61.5 Å². The van der Waals surface area contributed by atoms with Crippen LogP contribution in [0.5, 0.6) is 5.75 Å². The maximum Gasteiger partial charge on any atom is 0.339 e. The molecule has 0 saturated carbocycles. The van der Waals surface area contributed by atoms with E-state index in [2.05, 4.69) is 10.5 Å². The molecule has 1 amide bonds. The Kier molecular flexibility index (Phi) is 5.51. The zero-order chi connectivity index (χ0) is 19.2. The van der Waals surface area contributed by atoms with E-state index in [4.69, 9.17) is 14.0 Å². The summed E-state index contributed by atoms with van der Waals surface area (Å²) >= 11 is 0. The summed E-state index contributed by atoms with van der Waals surface area (Å²) in [7, 11) is 1.50. The first-order valence-electron chi connectivity index (χ1n) is 8.21. The van der Waals surface area contributed by atoms with Crippen LogP contribution in [0.2, 0.25) is 0 Å². The minimum Gasteiger partial charge on any atom is -0.497 e. The van der Waals surface area contributed by atoms with E-state index in [-0.39, 0.29) is 11.4 Å². The van der Waals surface area contributed by atoms with Crippen LogP contribution >= 0.6 is 0 Å². The number of methoxy groups -OCH3 is 1. The monoisotopic (exact) mass is 366 g/mol. The molecule has 138 valence electrons.